The Morgan fingerprint density at radius 1 is 1.24 bits per heavy atom. The summed E-state index contributed by atoms with van der Waals surface area (Å²) in [7, 11) is 1.56. The molecule has 6 heteroatoms. The van der Waals surface area contributed by atoms with Gasteiger partial charge in [-0.1, -0.05) is 23.7 Å². The van der Waals surface area contributed by atoms with Gasteiger partial charge < -0.3 is 10.1 Å². The largest absolute Gasteiger partial charge is 0.380 e. The molecule has 1 amide bonds. The van der Waals surface area contributed by atoms with Gasteiger partial charge in [-0.25, -0.2) is 8.78 Å². The maximum atomic E-state index is 13.2. The third-order valence-electron chi connectivity index (χ3n) is 2.75. The number of carbonyl (C=O) groups is 1. The van der Waals surface area contributed by atoms with E-state index >= 15 is 0 Å². The molecule has 21 heavy (non-hydrogen) atoms. The van der Waals surface area contributed by atoms with Crippen LogP contribution < -0.4 is 5.32 Å². The van der Waals surface area contributed by atoms with Crippen molar-refractivity contribution < 1.29 is 18.3 Å². The summed E-state index contributed by atoms with van der Waals surface area (Å²) >= 11 is 5.76. The minimum atomic E-state index is -1.13. The first-order valence-corrected chi connectivity index (χ1v) is 6.43. The topological polar surface area (TPSA) is 38.3 Å². The summed E-state index contributed by atoms with van der Waals surface area (Å²) < 4.78 is 31.2. The zero-order chi connectivity index (χ0) is 15.4. The first-order chi connectivity index (χ1) is 10.0. The Hall–Kier alpha value is -1.98. The van der Waals surface area contributed by atoms with Crippen LogP contribution in [0.2, 0.25) is 5.02 Å². The van der Waals surface area contributed by atoms with Gasteiger partial charge in [0.2, 0.25) is 0 Å². The fraction of sp³-hybridized carbons (Fsp3) is 0.133. The summed E-state index contributed by atoms with van der Waals surface area (Å²) in [5.41, 5.74) is 1.25. The molecule has 0 unspecified atom stereocenters. The van der Waals surface area contributed by atoms with Crippen LogP contribution in [0.15, 0.2) is 36.4 Å². The highest BCUT2D eigenvalue weighted by Crippen LogP contribution is 2.21. The molecule has 0 atom stereocenters. The van der Waals surface area contributed by atoms with Crippen molar-refractivity contribution in [1.82, 2.24) is 0 Å². The molecule has 0 saturated heterocycles. The molecule has 0 bridgehead atoms. The fourth-order valence-corrected chi connectivity index (χ4v) is 2.04. The number of anilines is 1. The van der Waals surface area contributed by atoms with E-state index in [0.29, 0.717) is 12.3 Å². The van der Waals surface area contributed by atoms with Crippen molar-refractivity contribution in [3.05, 3.63) is 64.2 Å². The molecule has 0 heterocycles. The van der Waals surface area contributed by atoms with Crippen LogP contribution in [0.1, 0.15) is 15.9 Å². The Morgan fingerprint density at radius 3 is 2.67 bits per heavy atom. The van der Waals surface area contributed by atoms with Crippen LogP contribution >= 0.6 is 11.6 Å². The van der Waals surface area contributed by atoms with E-state index in [1.54, 1.807) is 25.3 Å². The summed E-state index contributed by atoms with van der Waals surface area (Å²) in [6, 6.07) is 8.51. The fourth-order valence-electron chi connectivity index (χ4n) is 1.80. The SMILES string of the molecule is COCc1cccc(NC(=O)c2cc(F)c(F)cc2Cl)c1. The number of ether oxygens (including phenoxy) is 1. The quantitative estimate of drug-likeness (QED) is 0.866. The number of halogens is 3. The molecule has 0 saturated carbocycles. The number of benzene rings is 2. The Morgan fingerprint density at radius 2 is 1.95 bits per heavy atom. The van der Waals surface area contributed by atoms with Gasteiger partial charge in [-0.3, -0.25) is 4.79 Å². The van der Waals surface area contributed by atoms with Gasteiger partial charge in [0.05, 0.1) is 17.2 Å². The molecular formula is C15H12ClF2NO2. The van der Waals surface area contributed by atoms with Gasteiger partial charge in [0.15, 0.2) is 11.6 Å². The first kappa shape index (κ1) is 15.4. The molecule has 0 aliphatic heterocycles. The third kappa shape index (κ3) is 3.77. The average molecular weight is 312 g/mol. The molecule has 110 valence electrons. The standard InChI is InChI=1S/C15H12ClF2NO2/c1-21-8-9-3-2-4-10(5-9)19-15(20)11-6-13(17)14(18)7-12(11)16/h2-7H,8H2,1H3,(H,19,20). The predicted octanol–water partition coefficient (Wildman–Crippen LogP) is 4.02. The molecular weight excluding hydrogens is 300 g/mol. The summed E-state index contributed by atoms with van der Waals surface area (Å²) in [6.07, 6.45) is 0. The Balaban J connectivity index is 2.22. The number of nitrogens with one attached hydrogen (secondary N) is 1. The molecule has 2 rings (SSSR count). The van der Waals surface area contributed by atoms with Crippen molar-refractivity contribution in [2.45, 2.75) is 6.61 Å². The lowest BCUT2D eigenvalue weighted by Gasteiger charge is -2.09. The van der Waals surface area contributed by atoms with E-state index in [1.807, 2.05) is 6.07 Å². The smallest absolute Gasteiger partial charge is 0.257 e. The minimum absolute atomic E-state index is 0.132. The van der Waals surface area contributed by atoms with E-state index in [1.165, 1.54) is 0 Å². The van der Waals surface area contributed by atoms with Crippen LogP contribution in [0.4, 0.5) is 14.5 Å². The van der Waals surface area contributed by atoms with Gasteiger partial charge in [-0.2, -0.15) is 0 Å². The van der Waals surface area contributed by atoms with Crippen molar-refractivity contribution in [1.29, 1.82) is 0 Å². The summed E-state index contributed by atoms with van der Waals surface area (Å²) in [6.45, 7) is 0.398. The normalized spacial score (nSPS) is 10.5. The van der Waals surface area contributed by atoms with Crippen LogP contribution in [0.25, 0.3) is 0 Å². The van der Waals surface area contributed by atoms with Crippen LogP contribution in [0.3, 0.4) is 0 Å². The van der Waals surface area contributed by atoms with E-state index in [0.717, 1.165) is 17.7 Å². The lowest BCUT2D eigenvalue weighted by Crippen LogP contribution is -2.13. The van der Waals surface area contributed by atoms with Crippen LogP contribution in [-0.2, 0) is 11.3 Å². The van der Waals surface area contributed by atoms with Crippen molar-refractivity contribution in [3.8, 4) is 0 Å². The number of rotatable bonds is 4. The molecule has 0 spiro atoms. The molecule has 1 N–H and O–H groups in total. The van der Waals surface area contributed by atoms with Crippen molar-refractivity contribution in [2.24, 2.45) is 0 Å². The maximum absolute atomic E-state index is 13.2. The lowest BCUT2D eigenvalue weighted by atomic mass is 10.1. The number of methoxy groups -OCH3 is 1. The Kier molecular flexibility index (Phi) is 4.88. The minimum Gasteiger partial charge on any atom is -0.380 e. The zero-order valence-electron chi connectivity index (χ0n) is 11.1. The second kappa shape index (κ2) is 6.65. The summed E-state index contributed by atoms with van der Waals surface area (Å²) in [5, 5.41) is 2.42. The molecule has 0 aliphatic carbocycles. The van der Waals surface area contributed by atoms with E-state index in [2.05, 4.69) is 5.32 Å². The van der Waals surface area contributed by atoms with Crippen molar-refractivity contribution in [2.75, 3.05) is 12.4 Å². The number of carbonyl (C=O) groups excluding carboxylic acids is 1. The number of hydrogen-bond acceptors (Lipinski definition) is 2. The molecule has 2 aromatic carbocycles. The highest BCUT2D eigenvalue weighted by Gasteiger charge is 2.15. The van der Waals surface area contributed by atoms with E-state index in [9.17, 15) is 13.6 Å². The van der Waals surface area contributed by atoms with Gasteiger partial charge >= 0.3 is 0 Å². The average Bonchev–Trinajstić information content (AvgIpc) is 2.43. The van der Waals surface area contributed by atoms with E-state index in [-0.39, 0.29) is 10.6 Å². The Bertz CT molecular complexity index is 677. The predicted molar refractivity (Wildman–Crippen MR) is 76.5 cm³/mol. The van der Waals surface area contributed by atoms with Gasteiger partial charge in [0.25, 0.3) is 5.91 Å². The highest BCUT2D eigenvalue weighted by atomic mass is 35.5. The van der Waals surface area contributed by atoms with Gasteiger partial charge in [-0.15, -0.1) is 0 Å². The lowest BCUT2D eigenvalue weighted by molar-refractivity contribution is 0.102. The second-order valence-electron chi connectivity index (χ2n) is 4.33. The highest BCUT2D eigenvalue weighted by molar-refractivity contribution is 6.34. The molecule has 2 aromatic rings. The molecule has 0 radical (unpaired) electrons. The monoisotopic (exact) mass is 311 g/mol. The van der Waals surface area contributed by atoms with Crippen molar-refractivity contribution in [3.63, 3.8) is 0 Å². The molecule has 3 nitrogen and oxygen atoms in total. The van der Waals surface area contributed by atoms with Gasteiger partial charge in [-0.05, 0) is 29.8 Å². The third-order valence-corrected chi connectivity index (χ3v) is 3.06. The van der Waals surface area contributed by atoms with E-state index in [4.69, 9.17) is 16.3 Å². The van der Waals surface area contributed by atoms with Crippen molar-refractivity contribution >= 4 is 23.2 Å². The summed E-state index contributed by atoms with van der Waals surface area (Å²) in [5.74, 6) is -2.84. The van der Waals surface area contributed by atoms with Gasteiger partial charge in [0.1, 0.15) is 0 Å². The van der Waals surface area contributed by atoms with E-state index < -0.39 is 17.5 Å². The number of amides is 1. The van der Waals surface area contributed by atoms with Gasteiger partial charge in [0, 0.05) is 12.8 Å². The van der Waals surface area contributed by atoms with Crippen LogP contribution in [-0.4, -0.2) is 13.0 Å². The maximum Gasteiger partial charge on any atom is 0.257 e. The Labute approximate surface area is 125 Å². The zero-order valence-corrected chi connectivity index (χ0v) is 11.9. The molecule has 0 aliphatic rings. The molecule has 0 aromatic heterocycles. The molecule has 0 fully saturated rings. The second-order valence-corrected chi connectivity index (χ2v) is 4.74. The summed E-state index contributed by atoms with van der Waals surface area (Å²) in [4.78, 5) is 12.1. The number of hydrogen-bond donors (Lipinski definition) is 1. The van der Waals surface area contributed by atoms with Crippen LogP contribution in [0.5, 0.6) is 0 Å². The van der Waals surface area contributed by atoms with Crippen LogP contribution in [0, 0.1) is 11.6 Å². The first-order valence-electron chi connectivity index (χ1n) is 6.05.